The summed E-state index contributed by atoms with van der Waals surface area (Å²) in [4.78, 5) is 16.6. The first-order valence-electron chi connectivity index (χ1n) is 7.51. The first kappa shape index (κ1) is 16.3. The largest absolute Gasteiger partial charge is 0.441 e. The Labute approximate surface area is 145 Å². The van der Waals surface area contributed by atoms with Crippen LogP contribution in [-0.4, -0.2) is 21.8 Å². The van der Waals surface area contributed by atoms with Crippen LogP contribution in [0.3, 0.4) is 0 Å². The van der Waals surface area contributed by atoms with Crippen molar-refractivity contribution in [2.24, 2.45) is 5.41 Å². The van der Waals surface area contributed by atoms with Gasteiger partial charge in [0, 0.05) is 18.5 Å². The molecule has 1 saturated carbocycles. The summed E-state index contributed by atoms with van der Waals surface area (Å²) in [5, 5.41) is 2.88. The SMILES string of the molecule is Cc1oc(-c2ccccc2)nc1CCNC(=O)[C@]1(C)CC1(Cl)Cl. The van der Waals surface area contributed by atoms with Crippen LogP contribution < -0.4 is 5.32 Å². The van der Waals surface area contributed by atoms with E-state index in [1.165, 1.54) is 0 Å². The lowest BCUT2D eigenvalue weighted by Gasteiger charge is -2.12. The monoisotopic (exact) mass is 352 g/mol. The number of oxazole rings is 1. The molecular weight excluding hydrogens is 335 g/mol. The smallest absolute Gasteiger partial charge is 0.229 e. The standard InChI is InChI=1S/C17H18Cl2N2O2/c1-11-13(21-14(23-11)12-6-4-3-5-7-12)8-9-20-15(22)16(2)10-17(16,18)19/h3-7H,8-10H2,1-2H3,(H,20,22)/t16-/m0/s1. The number of nitrogens with zero attached hydrogens (tertiary/aromatic N) is 1. The summed E-state index contributed by atoms with van der Waals surface area (Å²) in [6, 6.07) is 9.73. The highest BCUT2D eigenvalue weighted by atomic mass is 35.5. The maximum Gasteiger partial charge on any atom is 0.229 e. The molecule has 1 atom stereocenters. The summed E-state index contributed by atoms with van der Waals surface area (Å²) in [5.41, 5.74) is 1.09. The highest BCUT2D eigenvalue weighted by molar-refractivity contribution is 6.53. The summed E-state index contributed by atoms with van der Waals surface area (Å²) >= 11 is 12.0. The molecule has 0 aliphatic heterocycles. The Morgan fingerprint density at radius 2 is 2.00 bits per heavy atom. The minimum absolute atomic E-state index is 0.119. The number of nitrogens with one attached hydrogen (secondary N) is 1. The Kier molecular flexibility index (Phi) is 4.15. The van der Waals surface area contributed by atoms with Crippen LogP contribution in [0.25, 0.3) is 11.5 Å². The quantitative estimate of drug-likeness (QED) is 0.830. The number of alkyl halides is 2. The number of aromatic nitrogens is 1. The molecule has 2 aromatic rings. The highest BCUT2D eigenvalue weighted by Crippen LogP contribution is 2.63. The zero-order chi connectivity index (χ0) is 16.7. The van der Waals surface area contributed by atoms with Gasteiger partial charge >= 0.3 is 0 Å². The first-order valence-corrected chi connectivity index (χ1v) is 8.27. The normalized spacial score (nSPS) is 21.9. The molecule has 0 radical (unpaired) electrons. The van der Waals surface area contributed by atoms with E-state index in [9.17, 15) is 4.79 Å². The number of halogens is 2. The highest BCUT2D eigenvalue weighted by Gasteiger charge is 2.67. The van der Waals surface area contributed by atoms with Gasteiger partial charge in [-0.1, -0.05) is 18.2 Å². The zero-order valence-corrected chi connectivity index (χ0v) is 14.5. The Bertz CT molecular complexity index is 727. The molecule has 1 amide bonds. The Hall–Kier alpha value is -1.52. The number of benzene rings is 1. The van der Waals surface area contributed by atoms with Gasteiger partial charge in [0.05, 0.1) is 11.1 Å². The average molecular weight is 353 g/mol. The molecule has 3 rings (SSSR count). The van der Waals surface area contributed by atoms with Gasteiger partial charge in [-0.05, 0) is 32.4 Å². The molecule has 0 unspecified atom stereocenters. The summed E-state index contributed by atoms with van der Waals surface area (Å²) < 4.78 is 4.76. The fraction of sp³-hybridized carbons (Fsp3) is 0.412. The van der Waals surface area contributed by atoms with Crippen molar-refractivity contribution < 1.29 is 9.21 Å². The van der Waals surface area contributed by atoms with E-state index in [1.54, 1.807) is 6.92 Å². The molecule has 1 aliphatic carbocycles. The Morgan fingerprint density at radius 3 is 2.61 bits per heavy atom. The molecule has 23 heavy (non-hydrogen) atoms. The minimum Gasteiger partial charge on any atom is -0.441 e. The summed E-state index contributed by atoms with van der Waals surface area (Å²) in [6.07, 6.45) is 1.08. The molecule has 1 aromatic carbocycles. The van der Waals surface area contributed by atoms with Crippen LogP contribution in [0, 0.1) is 12.3 Å². The van der Waals surface area contributed by atoms with Crippen molar-refractivity contribution in [1.82, 2.24) is 10.3 Å². The van der Waals surface area contributed by atoms with E-state index in [-0.39, 0.29) is 5.91 Å². The number of carbonyl (C=O) groups is 1. The Balaban J connectivity index is 1.59. The molecule has 0 spiro atoms. The average Bonchev–Trinajstić information content (AvgIpc) is 2.86. The molecule has 1 fully saturated rings. The van der Waals surface area contributed by atoms with Crippen molar-refractivity contribution in [3.63, 3.8) is 0 Å². The van der Waals surface area contributed by atoms with Crippen molar-refractivity contribution >= 4 is 29.1 Å². The topological polar surface area (TPSA) is 55.1 Å². The van der Waals surface area contributed by atoms with Crippen molar-refractivity contribution in [1.29, 1.82) is 0 Å². The van der Waals surface area contributed by atoms with Crippen LogP contribution in [0.2, 0.25) is 0 Å². The molecular formula is C17H18Cl2N2O2. The van der Waals surface area contributed by atoms with Crippen molar-refractivity contribution in [2.75, 3.05) is 6.54 Å². The predicted octanol–water partition coefficient (Wildman–Crippen LogP) is 3.89. The first-order chi connectivity index (χ1) is 10.8. The van der Waals surface area contributed by atoms with Gasteiger partial charge in [0.1, 0.15) is 10.1 Å². The summed E-state index contributed by atoms with van der Waals surface area (Å²) in [5.74, 6) is 1.24. The number of rotatable bonds is 5. The molecule has 1 aromatic heterocycles. The molecule has 1 N–H and O–H groups in total. The fourth-order valence-electron chi connectivity index (χ4n) is 2.50. The lowest BCUT2D eigenvalue weighted by Crippen LogP contribution is -2.34. The van der Waals surface area contributed by atoms with E-state index < -0.39 is 9.75 Å². The van der Waals surface area contributed by atoms with Crippen molar-refractivity contribution in [2.45, 2.75) is 31.0 Å². The molecule has 1 aliphatic rings. The van der Waals surface area contributed by atoms with Crippen LogP contribution in [0.5, 0.6) is 0 Å². The number of aryl methyl sites for hydroxylation is 1. The predicted molar refractivity (Wildman–Crippen MR) is 90.6 cm³/mol. The number of hydrogen-bond donors (Lipinski definition) is 1. The number of hydrogen-bond acceptors (Lipinski definition) is 3. The second-order valence-electron chi connectivity index (χ2n) is 6.11. The van der Waals surface area contributed by atoms with Crippen LogP contribution in [0.1, 0.15) is 24.8 Å². The third-order valence-electron chi connectivity index (χ3n) is 4.32. The van der Waals surface area contributed by atoms with E-state index in [2.05, 4.69) is 10.3 Å². The van der Waals surface area contributed by atoms with Crippen molar-refractivity contribution in [3.8, 4) is 11.5 Å². The third kappa shape index (κ3) is 3.10. The lowest BCUT2D eigenvalue weighted by molar-refractivity contribution is -0.125. The molecule has 6 heteroatoms. The number of amides is 1. The summed E-state index contributed by atoms with van der Waals surface area (Å²) in [7, 11) is 0. The molecule has 0 saturated heterocycles. The van der Waals surface area contributed by atoms with E-state index in [0.717, 1.165) is 17.0 Å². The van der Waals surface area contributed by atoms with Gasteiger partial charge in [0.15, 0.2) is 0 Å². The van der Waals surface area contributed by atoms with Gasteiger partial charge in [-0.15, -0.1) is 23.2 Å². The minimum atomic E-state index is -0.943. The van der Waals surface area contributed by atoms with E-state index in [4.69, 9.17) is 27.6 Å². The van der Waals surface area contributed by atoms with Crippen LogP contribution in [0.15, 0.2) is 34.7 Å². The van der Waals surface area contributed by atoms with E-state index in [1.807, 2.05) is 37.3 Å². The molecule has 1 heterocycles. The van der Waals surface area contributed by atoms with Crippen LogP contribution in [-0.2, 0) is 11.2 Å². The van der Waals surface area contributed by atoms with Crippen LogP contribution in [0.4, 0.5) is 0 Å². The number of carbonyl (C=O) groups excluding carboxylic acids is 1. The molecule has 0 bridgehead atoms. The summed E-state index contributed by atoms with van der Waals surface area (Å²) in [6.45, 7) is 4.12. The van der Waals surface area contributed by atoms with Gasteiger partial charge in [0.25, 0.3) is 0 Å². The lowest BCUT2D eigenvalue weighted by atomic mass is 10.1. The second-order valence-corrected chi connectivity index (χ2v) is 7.59. The third-order valence-corrected chi connectivity index (χ3v) is 5.42. The fourth-order valence-corrected chi connectivity index (χ4v) is 3.21. The van der Waals surface area contributed by atoms with Gasteiger partial charge in [-0.25, -0.2) is 4.98 Å². The maximum atomic E-state index is 12.1. The molecule has 4 nitrogen and oxygen atoms in total. The van der Waals surface area contributed by atoms with Gasteiger partial charge in [0.2, 0.25) is 11.8 Å². The zero-order valence-electron chi connectivity index (χ0n) is 13.0. The van der Waals surface area contributed by atoms with Gasteiger partial charge in [-0.2, -0.15) is 0 Å². The molecule has 122 valence electrons. The van der Waals surface area contributed by atoms with Gasteiger partial charge in [-0.3, -0.25) is 4.79 Å². The van der Waals surface area contributed by atoms with Gasteiger partial charge < -0.3 is 9.73 Å². The van der Waals surface area contributed by atoms with E-state index in [0.29, 0.717) is 25.3 Å². The van der Waals surface area contributed by atoms with E-state index >= 15 is 0 Å². The maximum absolute atomic E-state index is 12.1. The van der Waals surface area contributed by atoms with Crippen LogP contribution >= 0.6 is 23.2 Å². The van der Waals surface area contributed by atoms with Crippen molar-refractivity contribution in [3.05, 3.63) is 41.8 Å². The Morgan fingerprint density at radius 1 is 1.35 bits per heavy atom. The second kappa shape index (κ2) is 5.84.